The highest BCUT2D eigenvalue weighted by molar-refractivity contribution is 5.27. The molecule has 0 bridgehead atoms. The minimum Gasteiger partial charge on any atom is -0.494 e. The number of ether oxygens (including phenoxy) is 1. The van der Waals surface area contributed by atoms with Crippen molar-refractivity contribution >= 4 is 0 Å². The van der Waals surface area contributed by atoms with E-state index in [2.05, 4.69) is 50.7 Å². The van der Waals surface area contributed by atoms with Gasteiger partial charge in [0, 0.05) is 52.5 Å². The molecule has 1 aromatic heterocycles. The lowest BCUT2D eigenvalue weighted by Gasteiger charge is -2.34. The molecule has 3 rings (SSSR count). The lowest BCUT2D eigenvalue weighted by Crippen LogP contribution is -2.45. The van der Waals surface area contributed by atoms with Gasteiger partial charge in [-0.15, -0.1) is 0 Å². The largest absolute Gasteiger partial charge is 0.494 e. The van der Waals surface area contributed by atoms with E-state index in [0.717, 1.165) is 51.6 Å². The van der Waals surface area contributed by atoms with E-state index in [1.165, 1.54) is 11.3 Å². The van der Waals surface area contributed by atoms with Crippen LogP contribution in [0.4, 0.5) is 0 Å². The van der Waals surface area contributed by atoms with Gasteiger partial charge in [-0.1, -0.05) is 12.1 Å². The zero-order valence-corrected chi connectivity index (χ0v) is 14.1. The second-order valence-electron chi connectivity index (χ2n) is 6.13. The summed E-state index contributed by atoms with van der Waals surface area (Å²) in [6, 6.07) is 8.48. The fourth-order valence-electron chi connectivity index (χ4n) is 2.99. The summed E-state index contributed by atoms with van der Waals surface area (Å²) in [6.07, 6.45) is 3.84. The summed E-state index contributed by atoms with van der Waals surface area (Å²) in [7, 11) is 2.06. The zero-order valence-electron chi connectivity index (χ0n) is 14.1. The first kappa shape index (κ1) is 16.0. The Kier molecular flexibility index (Phi) is 5.31. The Bertz CT molecular complexity index is 600. The third-order valence-corrected chi connectivity index (χ3v) is 4.41. The molecule has 0 aliphatic carbocycles. The first-order valence-corrected chi connectivity index (χ1v) is 8.36. The molecule has 23 heavy (non-hydrogen) atoms. The van der Waals surface area contributed by atoms with Crippen molar-refractivity contribution in [3.8, 4) is 5.75 Å². The summed E-state index contributed by atoms with van der Waals surface area (Å²) in [4.78, 5) is 9.22. The molecular weight excluding hydrogens is 288 g/mol. The average Bonchev–Trinajstić information content (AvgIpc) is 2.96. The normalized spacial score (nSPS) is 16.6. The van der Waals surface area contributed by atoms with Crippen LogP contribution in [0.15, 0.2) is 36.8 Å². The third-order valence-electron chi connectivity index (χ3n) is 4.41. The van der Waals surface area contributed by atoms with Crippen LogP contribution in [0.2, 0.25) is 0 Å². The lowest BCUT2D eigenvalue weighted by molar-refractivity contribution is 0.120. The van der Waals surface area contributed by atoms with Crippen molar-refractivity contribution in [2.75, 3.05) is 32.8 Å². The van der Waals surface area contributed by atoms with Crippen LogP contribution >= 0.6 is 0 Å². The molecule has 5 heteroatoms. The summed E-state index contributed by atoms with van der Waals surface area (Å²) >= 11 is 0. The van der Waals surface area contributed by atoms with Gasteiger partial charge in [-0.05, 0) is 24.6 Å². The molecule has 0 N–H and O–H groups in total. The molecule has 5 nitrogen and oxygen atoms in total. The zero-order chi connectivity index (χ0) is 16.1. The maximum atomic E-state index is 5.50. The van der Waals surface area contributed by atoms with E-state index in [0.29, 0.717) is 0 Å². The maximum Gasteiger partial charge on any atom is 0.119 e. The monoisotopic (exact) mass is 314 g/mol. The van der Waals surface area contributed by atoms with Gasteiger partial charge in [0.2, 0.25) is 0 Å². The van der Waals surface area contributed by atoms with Gasteiger partial charge >= 0.3 is 0 Å². The van der Waals surface area contributed by atoms with E-state index < -0.39 is 0 Å². The van der Waals surface area contributed by atoms with Crippen molar-refractivity contribution in [3.05, 3.63) is 48.0 Å². The van der Waals surface area contributed by atoms with E-state index in [9.17, 15) is 0 Å². The van der Waals surface area contributed by atoms with Crippen LogP contribution in [0.5, 0.6) is 5.75 Å². The fraction of sp³-hybridized carbons (Fsp3) is 0.500. The molecule has 2 heterocycles. The Balaban J connectivity index is 1.46. The predicted octanol–water partition coefficient (Wildman–Crippen LogP) is 2.14. The second kappa shape index (κ2) is 7.62. The Morgan fingerprint density at radius 2 is 1.65 bits per heavy atom. The highest BCUT2D eigenvalue weighted by Crippen LogP contribution is 2.15. The Morgan fingerprint density at radius 1 is 1.00 bits per heavy atom. The van der Waals surface area contributed by atoms with Crippen molar-refractivity contribution in [2.24, 2.45) is 7.05 Å². The number of aryl methyl sites for hydroxylation is 1. The molecule has 1 aliphatic heterocycles. The summed E-state index contributed by atoms with van der Waals surface area (Å²) in [6.45, 7) is 9.21. The Hall–Kier alpha value is -1.85. The van der Waals surface area contributed by atoms with Crippen molar-refractivity contribution in [3.63, 3.8) is 0 Å². The highest BCUT2D eigenvalue weighted by Gasteiger charge is 2.17. The number of rotatable bonds is 6. The van der Waals surface area contributed by atoms with Gasteiger partial charge < -0.3 is 9.30 Å². The number of hydrogen-bond acceptors (Lipinski definition) is 4. The van der Waals surface area contributed by atoms with Gasteiger partial charge in [-0.3, -0.25) is 9.80 Å². The minimum absolute atomic E-state index is 0.720. The highest BCUT2D eigenvalue weighted by atomic mass is 16.5. The number of piperazine rings is 1. The SMILES string of the molecule is CCOc1ccc(CN2CCN(Cc3cncn3C)CC2)cc1. The molecule has 0 unspecified atom stereocenters. The quantitative estimate of drug-likeness (QED) is 0.818. The molecule has 1 aliphatic rings. The van der Waals surface area contributed by atoms with Crippen molar-refractivity contribution in [1.82, 2.24) is 19.4 Å². The Morgan fingerprint density at radius 3 is 2.22 bits per heavy atom. The number of imidazole rings is 1. The predicted molar refractivity (Wildman–Crippen MR) is 91.4 cm³/mol. The van der Waals surface area contributed by atoms with Gasteiger partial charge in [-0.2, -0.15) is 0 Å². The van der Waals surface area contributed by atoms with Crippen molar-refractivity contribution in [2.45, 2.75) is 20.0 Å². The van der Waals surface area contributed by atoms with E-state index in [4.69, 9.17) is 4.74 Å². The molecule has 1 fully saturated rings. The molecule has 1 aromatic carbocycles. The summed E-state index contributed by atoms with van der Waals surface area (Å²) in [5.41, 5.74) is 2.64. The van der Waals surface area contributed by atoms with Gasteiger partial charge in [0.15, 0.2) is 0 Å². The number of benzene rings is 1. The van der Waals surface area contributed by atoms with Crippen LogP contribution in [-0.4, -0.2) is 52.1 Å². The van der Waals surface area contributed by atoms with Gasteiger partial charge in [-0.25, -0.2) is 4.98 Å². The van der Waals surface area contributed by atoms with Crippen LogP contribution in [0.3, 0.4) is 0 Å². The van der Waals surface area contributed by atoms with Crippen LogP contribution in [-0.2, 0) is 20.1 Å². The van der Waals surface area contributed by atoms with Gasteiger partial charge in [0.25, 0.3) is 0 Å². The molecule has 0 saturated carbocycles. The van der Waals surface area contributed by atoms with Crippen LogP contribution in [0.1, 0.15) is 18.2 Å². The van der Waals surface area contributed by atoms with Gasteiger partial charge in [0.1, 0.15) is 5.75 Å². The minimum atomic E-state index is 0.720. The average molecular weight is 314 g/mol. The summed E-state index contributed by atoms with van der Waals surface area (Å²) in [5.74, 6) is 0.956. The van der Waals surface area contributed by atoms with E-state index in [1.54, 1.807) is 0 Å². The first-order valence-electron chi connectivity index (χ1n) is 8.36. The molecule has 0 amide bonds. The van der Waals surface area contributed by atoms with Crippen LogP contribution < -0.4 is 4.74 Å². The van der Waals surface area contributed by atoms with E-state index in [-0.39, 0.29) is 0 Å². The number of aromatic nitrogens is 2. The van der Waals surface area contributed by atoms with E-state index >= 15 is 0 Å². The van der Waals surface area contributed by atoms with Crippen molar-refractivity contribution < 1.29 is 4.74 Å². The smallest absolute Gasteiger partial charge is 0.119 e. The van der Waals surface area contributed by atoms with Crippen LogP contribution in [0, 0.1) is 0 Å². The molecule has 0 radical (unpaired) electrons. The second-order valence-corrected chi connectivity index (χ2v) is 6.13. The standard InChI is InChI=1S/C18H26N4O/c1-3-23-18-6-4-16(5-7-18)13-21-8-10-22(11-9-21)14-17-12-19-15-20(17)2/h4-7,12,15H,3,8-11,13-14H2,1-2H3. The first-order chi connectivity index (χ1) is 11.2. The molecule has 124 valence electrons. The maximum absolute atomic E-state index is 5.50. The molecule has 1 saturated heterocycles. The Labute approximate surface area is 138 Å². The number of hydrogen-bond donors (Lipinski definition) is 0. The summed E-state index contributed by atoms with van der Waals surface area (Å²) in [5, 5.41) is 0. The molecular formula is C18H26N4O. The topological polar surface area (TPSA) is 33.5 Å². The summed E-state index contributed by atoms with van der Waals surface area (Å²) < 4.78 is 7.60. The third kappa shape index (κ3) is 4.33. The lowest BCUT2D eigenvalue weighted by atomic mass is 10.2. The molecule has 2 aromatic rings. The van der Waals surface area contributed by atoms with E-state index in [1.807, 2.05) is 19.4 Å². The van der Waals surface area contributed by atoms with Crippen molar-refractivity contribution in [1.29, 1.82) is 0 Å². The molecule has 0 spiro atoms. The fourth-order valence-corrected chi connectivity index (χ4v) is 2.99. The van der Waals surface area contributed by atoms with Crippen LogP contribution in [0.25, 0.3) is 0 Å². The van der Waals surface area contributed by atoms with Gasteiger partial charge in [0.05, 0.1) is 18.6 Å². The molecule has 0 atom stereocenters. The number of nitrogens with zero attached hydrogens (tertiary/aromatic N) is 4.